The van der Waals surface area contributed by atoms with Gasteiger partial charge < -0.3 is 25.0 Å². The molecule has 4 aliphatic rings. The number of amides is 1. The lowest BCUT2D eigenvalue weighted by Gasteiger charge is -2.57. The molecule has 1 spiro atoms. The van der Waals surface area contributed by atoms with Crippen LogP contribution in [0.4, 0.5) is 21.6 Å². The van der Waals surface area contributed by atoms with E-state index in [1.54, 1.807) is 26.0 Å². The van der Waals surface area contributed by atoms with Crippen LogP contribution in [-0.4, -0.2) is 88.6 Å². The van der Waals surface area contributed by atoms with E-state index in [1.165, 1.54) is 48.7 Å². The molecule has 2 saturated heterocycles. The third-order valence-corrected chi connectivity index (χ3v) is 16.0. The molecule has 2 aromatic carbocycles. The number of aliphatic hydroxyl groups is 1. The highest BCUT2D eigenvalue weighted by molar-refractivity contribution is 7.90. The van der Waals surface area contributed by atoms with Gasteiger partial charge in [0.05, 0.1) is 33.4 Å². The van der Waals surface area contributed by atoms with E-state index in [0.29, 0.717) is 48.6 Å². The summed E-state index contributed by atoms with van der Waals surface area (Å²) in [7, 11) is -4.69. The van der Waals surface area contributed by atoms with Crippen LogP contribution < -0.4 is 19.7 Å². The summed E-state index contributed by atoms with van der Waals surface area (Å²) in [6.45, 7) is 12.1. The second-order valence-corrected chi connectivity index (χ2v) is 21.4. The van der Waals surface area contributed by atoms with E-state index in [1.807, 2.05) is 0 Å². The maximum absolute atomic E-state index is 14.7. The van der Waals surface area contributed by atoms with Crippen molar-refractivity contribution in [2.45, 2.75) is 114 Å². The minimum Gasteiger partial charge on any atom is -0.455 e. The molecule has 15 nitrogen and oxygen atoms in total. The highest BCUT2D eigenvalue weighted by Crippen LogP contribution is 2.49. The largest absolute Gasteiger partial charge is 0.455 e. The van der Waals surface area contributed by atoms with Crippen LogP contribution in [0, 0.1) is 34.2 Å². The van der Waals surface area contributed by atoms with E-state index in [0.717, 1.165) is 69.8 Å². The fourth-order valence-corrected chi connectivity index (χ4v) is 11.8. The Morgan fingerprint density at radius 3 is 2.52 bits per heavy atom. The zero-order chi connectivity index (χ0) is 46.5. The quantitative estimate of drug-likeness (QED) is 0.0648. The number of nitrogens with zero attached hydrogens (tertiary/aromatic N) is 5. The number of nitro groups is 1. The molecule has 2 aliphatic heterocycles. The molecule has 66 heavy (non-hydrogen) atoms. The number of hydrogen-bond acceptors (Lipinski definition) is 12. The Balaban J connectivity index is 0.917. The highest BCUT2D eigenvalue weighted by atomic mass is 32.2. The number of nitrogens with one attached hydrogen (secondary N) is 3. The van der Waals surface area contributed by atoms with Gasteiger partial charge in [0.1, 0.15) is 27.9 Å². The SMILES string of the molecule is Cc1nc2[nH]cc(F)c2cc1Oc1cc(N2CCC3(CC2)CN([C@@H]2CCC[C@@H]2c2ccccc2C(C)C)C3)ccc1C(=O)NS(=O)(=O)c1cnc(NC[C@H]2CC[C@](C)(O)CC2)c([N+](=O)[O-])c1. The standard InChI is InChI=1S/C49H59FN8O7S/c1-30(2)35-8-5-6-9-36(35)37-10-7-11-41(37)57-28-49(29-57)18-20-56(21-19-49)33-12-13-38(44(22-33)65-43-24-39-40(50)27-53-45(39)54-31(43)3)47(59)55-66(63,64)34-23-42(58(61)62)46(52-26-34)51-25-32-14-16-48(4,60)17-15-32/h5-6,8-9,12-13,22-24,26-27,30,32,37,41,60H,7,10-11,14-21,25,28-29H2,1-4H3,(H,51,52)(H,53,54)(H,55,59)/t32-,37-,41-,48-/m1/s1. The van der Waals surface area contributed by atoms with Crippen LogP contribution in [0.3, 0.4) is 0 Å². The number of ether oxygens (including phenoxy) is 1. The van der Waals surface area contributed by atoms with Gasteiger partial charge in [-0.25, -0.2) is 27.5 Å². The molecule has 2 saturated carbocycles. The minimum atomic E-state index is -4.69. The Kier molecular flexibility index (Phi) is 12.3. The van der Waals surface area contributed by atoms with Gasteiger partial charge in [0.2, 0.25) is 5.82 Å². The van der Waals surface area contributed by atoms with Crippen LogP contribution in [0.1, 0.15) is 118 Å². The number of likely N-dealkylation sites (tertiary alicyclic amines) is 1. The van der Waals surface area contributed by atoms with E-state index in [4.69, 9.17) is 4.74 Å². The second kappa shape index (κ2) is 17.9. The van der Waals surface area contributed by atoms with Crippen molar-refractivity contribution in [2.75, 3.05) is 42.9 Å². The number of hydrogen-bond donors (Lipinski definition) is 4. The Morgan fingerprint density at radius 2 is 1.79 bits per heavy atom. The molecule has 350 valence electrons. The first kappa shape index (κ1) is 45.5. The maximum atomic E-state index is 14.7. The zero-order valence-corrected chi connectivity index (χ0v) is 38.8. The van der Waals surface area contributed by atoms with Crippen molar-refractivity contribution in [3.63, 3.8) is 0 Å². The number of aryl methyl sites for hydroxylation is 1. The number of piperidine rings is 1. The number of anilines is 2. The number of pyridine rings is 2. The van der Waals surface area contributed by atoms with Gasteiger partial charge in [-0.2, -0.15) is 0 Å². The van der Waals surface area contributed by atoms with E-state index < -0.39 is 42.9 Å². The monoisotopic (exact) mass is 922 g/mol. The number of sulfonamides is 1. The van der Waals surface area contributed by atoms with E-state index in [9.17, 15) is 32.8 Å². The van der Waals surface area contributed by atoms with Gasteiger partial charge in [-0.1, -0.05) is 44.5 Å². The summed E-state index contributed by atoms with van der Waals surface area (Å²) in [4.78, 5) is 41.2. The van der Waals surface area contributed by atoms with Crippen LogP contribution in [0.2, 0.25) is 0 Å². The second-order valence-electron chi connectivity index (χ2n) is 19.7. The van der Waals surface area contributed by atoms with Crippen molar-refractivity contribution in [3.05, 3.63) is 105 Å². The van der Waals surface area contributed by atoms with Crippen molar-refractivity contribution < 1.29 is 32.4 Å². The van der Waals surface area contributed by atoms with Gasteiger partial charge in [-0.15, -0.1) is 0 Å². The summed E-state index contributed by atoms with van der Waals surface area (Å²) in [5.74, 6) is -0.296. The third-order valence-electron chi connectivity index (χ3n) is 14.7. The average molecular weight is 923 g/mol. The molecule has 0 bridgehead atoms. The Labute approximate surface area is 384 Å². The van der Waals surface area contributed by atoms with E-state index >= 15 is 0 Å². The fraction of sp³-hybridized carbons (Fsp3) is 0.490. The summed E-state index contributed by atoms with van der Waals surface area (Å²) in [6.07, 6.45) is 10.5. The van der Waals surface area contributed by atoms with Crippen molar-refractivity contribution in [3.8, 4) is 11.5 Å². The molecule has 0 unspecified atom stereocenters. The van der Waals surface area contributed by atoms with E-state index in [-0.39, 0.29) is 39.6 Å². The van der Waals surface area contributed by atoms with Crippen LogP contribution in [-0.2, 0) is 10.0 Å². The maximum Gasteiger partial charge on any atom is 0.312 e. The summed E-state index contributed by atoms with van der Waals surface area (Å²) in [5.41, 5.74) is 3.27. The molecule has 5 heterocycles. The Hall–Kier alpha value is -5.65. The topological polar surface area (TPSA) is 196 Å². The normalized spacial score (nSPS) is 23.3. The fourth-order valence-electron chi connectivity index (χ4n) is 10.8. The van der Waals surface area contributed by atoms with Gasteiger partial charge in [0, 0.05) is 62.8 Å². The molecule has 4 fully saturated rings. The lowest BCUT2D eigenvalue weighted by atomic mass is 9.70. The first-order chi connectivity index (χ1) is 31.5. The summed E-state index contributed by atoms with van der Waals surface area (Å²) in [6, 6.07) is 16.8. The van der Waals surface area contributed by atoms with Crippen molar-refractivity contribution in [1.82, 2.24) is 24.6 Å². The summed E-state index contributed by atoms with van der Waals surface area (Å²) >= 11 is 0. The van der Waals surface area contributed by atoms with Gasteiger partial charge in [-0.05, 0) is 118 Å². The number of benzene rings is 2. The van der Waals surface area contributed by atoms with Gasteiger partial charge >= 0.3 is 5.69 Å². The Morgan fingerprint density at radius 1 is 1.05 bits per heavy atom. The van der Waals surface area contributed by atoms with Crippen molar-refractivity contribution >= 4 is 44.2 Å². The first-order valence-corrected chi connectivity index (χ1v) is 24.7. The molecule has 2 aliphatic carbocycles. The average Bonchev–Trinajstić information content (AvgIpc) is 3.91. The van der Waals surface area contributed by atoms with Crippen LogP contribution >= 0.6 is 0 Å². The molecule has 5 aromatic rings. The predicted molar refractivity (Wildman–Crippen MR) is 250 cm³/mol. The molecule has 9 rings (SSSR count). The number of aromatic amines is 1. The van der Waals surface area contributed by atoms with Gasteiger partial charge in [-0.3, -0.25) is 19.8 Å². The number of H-pyrrole nitrogens is 1. The van der Waals surface area contributed by atoms with Crippen LogP contribution in [0.15, 0.2) is 71.9 Å². The number of carbonyl (C=O) groups excluding carboxylic acids is 1. The molecule has 4 N–H and O–H groups in total. The van der Waals surface area contributed by atoms with Gasteiger partial charge in [0.25, 0.3) is 15.9 Å². The molecule has 17 heteroatoms. The first-order valence-electron chi connectivity index (χ1n) is 23.2. The van der Waals surface area contributed by atoms with Gasteiger partial charge in [0.15, 0.2) is 0 Å². The number of fused-ring (bicyclic) bond motifs is 1. The van der Waals surface area contributed by atoms with Crippen LogP contribution in [0.25, 0.3) is 11.0 Å². The van der Waals surface area contributed by atoms with Crippen LogP contribution in [0.5, 0.6) is 11.5 Å². The Bertz CT molecular complexity index is 2750. The molecule has 3 aromatic heterocycles. The van der Waals surface area contributed by atoms with E-state index in [2.05, 4.69) is 72.9 Å². The minimum absolute atomic E-state index is 0.0253. The van der Waals surface area contributed by atoms with Crippen molar-refractivity contribution in [2.24, 2.45) is 11.3 Å². The number of rotatable bonds is 13. The third kappa shape index (κ3) is 9.21. The molecule has 1 amide bonds. The predicted octanol–water partition coefficient (Wildman–Crippen LogP) is 8.94. The lowest BCUT2D eigenvalue weighted by molar-refractivity contribution is -0.384. The number of carbonyl (C=O) groups is 1. The molecule has 2 atom stereocenters. The molecular formula is C49H59FN8O7S. The molecule has 0 radical (unpaired) electrons. The van der Waals surface area contributed by atoms with Crippen molar-refractivity contribution in [1.29, 1.82) is 0 Å². The summed E-state index contributed by atoms with van der Waals surface area (Å²) < 4.78 is 50.7. The summed E-state index contributed by atoms with van der Waals surface area (Å²) in [5, 5.41) is 25.6. The zero-order valence-electron chi connectivity index (χ0n) is 38.0. The lowest BCUT2D eigenvalue weighted by Crippen LogP contribution is -2.63. The number of halogens is 1. The highest BCUT2D eigenvalue weighted by Gasteiger charge is 2.49. The smallest absolute Gasteiger partial charge is 0.312 e. The molecular weight excluding hydrogens is 864 g/mol. The number of aromatic nitrogens is 3.